The van der Waals surface area contributed by atoms with Crippen molar-refractivity contribution >= 4 is 28.2 Å². The lowest BCUT2D eigenvalue weighted by Gasteiger charge is -2.13. The summed E-state index contributed by atoms with van der Waals surface area (Å²) in [6, 6.07) is 5.79. The molecule has 0 atom stereocenters. The average Bonchev–Trinajstić information content (AvgIpc) is 3.02. The number of hydrogen-bond acceptors (Lipinski definition) is 6. The van der Waals surface area contributed by atoms with E-state index in [9.17, 15) is 9.59 Å². The normalized spacial score (nSPS) is 10.6. The molecule has 1 N–H and O–H groups in total. The highest BCUT2D eigenvalue weighted by atomic mass is 32.1. The summed E-state index contributed by atoms with van der Waals surface area (Å²) >= 11 is 1.21. The maximum atomic E-state index is 12.2. The lowest BCUT2D eigenvalue weighted by molar-refractivity contribution is -0.116. The van der Waals surface area contributed by atoms with Crippen molar-refractivity contribution < 1.29 is 19.1 Å². The SMILES string of the molecule is CCCCOc1ccc(CCC(=O)Nc2nc(C)c(C(C)=O)s2)cc1OCC. The Balaban J connectivity index is 1.95. The van der Waals surface area contributed by atoms with Crippen LogP contribution in [0.3, 0.4) is 0 Å². The smallest absolute Gasteiger partial charge is 0.226 e. The summed E-state index contributed by atoms with van der Waals surface area (Å²) < 4.78 is 11.5. The Morgan fingerprint density at radius 1 is 1.18 bits per heavy atom. The number of rotatable bonds is 11. The zero-order valence-corrected chi connectivity index (χ0v) is 17.8. The fourth-order valence-electron chi connectivity index (χ4n) is 2.64. The van der Waals surface area contributed by atoms with Gasteiger partial charge in [-0.15, -0.1) is 0 Å². The van der Waals surface area contributed by atoms with Crippen LogP contribution in [0.25, 0.3) is 0 Å². The Morgan fingerprint density at radius 3 is 2.61 bits per heavy atom. The second-order valence-corrected chi connectivity index (χ2v) is 7.45. The van der Waals surface area contributed by atoms with Crippen molar-refractivity contribution in [1.29, 1.82) is 0 Å². The average molecular weight is 405 g/mol. The predicted molar refractivity (Wildman–Crippen MR) is 112 cm³/mol. The number of ether oxygens (including phenoxy) is 2. The van der Waals surface area contributed by atoms with E-state index in [-0.39, 0.29) is 11.7 Å². The number of amides is 1. The van der Waals surface area contributed by atoms with Crippen LogP contribution >= 0.6 is 11.3 Å². The van der Waals surface area contributed by atoms with E-state index in [0.29, 0.717) is 47.5 Å². The van der Waals surface area contributed by atoms with Crippen LogP contribution in [0.2, 0.25) is 0 Å². The number of nitrogens with one attached hydrogen (secondary N) is 1. The molecular weight excluding hydrogens is 376 g/mol. The molecule has 0 unspecified atom stereocenters. The third-order valence-corrected chi connectivity index (χ3v) is 5.24. The molecule has 0 saturated carbocycles. The Labute approximate surface area is 170 Å². The predicted octanol–water partition coefficient (Wildman–Crippen LogP) is 4.80. The van der Waals surface area contributed by atoms with Gasteiger partial charge < -0.3 is 14.8 Å². The highest BCUT2D eigenvalue weighted by molar-refractivity contribution is 7.17. The summed E-state index contributed by atoms with van der Waals surface area (Å²) in [6.45, 7) is 8.53. The second kappa shape index (κ2) is 10.8. The second-order valence-electron chi connectivity index (χ2n) is 6.45. The highest BCUT2D eigenvalue weighted by Crippen LogP contribution is 2.29. The monoisotopic (exact) mass is 404 g/mol. The molecule has 0 aliphatic rings. The third kappa shape index (κ3) is 6.34. The molecule has 0 bridgehead atoms. The van der Waals surface area contributed by atoms with Gasteiger partial charge in [-0.25, -0.2) is 4.98 Å². The number of nitrogens with zero attached hydrogens (tertiary/aromatic N) is 1. The molecule has 0 aliphatic carbocycles. The van der Waals surface area contributed by atoms with E-state index in [2.05, 4.69) is 17.2 Å². The minimum Gasteiger partial charge on any atom is -0.490 e. The van der Waals surface area contributed by atoms with E-state index in [1.54, 1.807) is 6.92 Å². The van der Waals surface area contributed by atoms with Gasteiger partial charge in [-0.3, -0.25) is 9.59 Å². The minimum atomic E-state index is -0.134. The number of aromatic nitrogens is 1. The molecule has 1 heterocycles. The van der Waals surface area contributed by atoms with Crippen LogP contribution in [0.1, 0.15) is 61.0 Å². The van der Waals surface area contributed by atoms with Gasteiger partial charge in [-0.2, -0.15) is 0 Å². The zero-order valence-electron chi connectivity index (χ0n) is 17.0. The van der Waals surface area contributed by atoms with Gasteiger partial charge in [0.05, 0.1) is 23.8 Å². The molecular formula is C21H28N2O4S. The Bertz CT molecular complexity index is 817. The van der Waals surface area contributed by atoms with Crippen molar-refractivity contribution in [1.82, 2.24) is 4.98 Å². The quantitative estimate of drug-likeness (QED) is 0.430. The van der Waals surface area contributed by atoms with Crippen LogP contribution in [-0.2, 0) is 11.2 Å². The van der Waals surface area contributed by atoms with E-state index in [4.69, 9.17) is 9.47 Å². The molecule has 1 aromatic carbocycles. The summed E-state index contributed by atoms with van der Waals surface area (Å²) in [5.74, 6) is 1.27. The molecule has 7 heteroatoms. The molecule has 1 aromatic heterocycles. The maximum Gasteiger partial charge on any atom is 0.226 e. The largest absolute Gasteiger partial charge is 0.490 e. The first-order valence-corrected chi connectivity index (χ1v) is 10.4. The zero-order chi connectivity index (χ0) is 20.5. The summed E-state index contributed by atoms with van der Waals surface area (Å²) in [6.07, 6.45) is 2.96. The first kappa shape index (κ1) is 21.9. The van der Waals surface area contributed by atoms with E-state index in [1.165, 1.54) is 18.3 Å². The van der Waals surface area contributed by atoms with Crippen molar-refractivity contribution in [2.45, 2.75) is 53.4 Å². The number of hydrogen-bond donors (Lipinski definition) is 1. The fourth-order valence-corrected chi connectivity index (χ4v) is 3.52. The van der Waals surface area contributed by atoms with Crippen LogP contribution in [0, 0.1) is 6.92 Å². The van der Waals surface area contributed by atoms with Gasteiger partial charge in [0, 0.05) is 13.3 Å². The van der Waals surface area contributed by atoms with E-state index in [1.807, 2.05) is 25.1 Å². The Kier molecular flexibility index (Phi) is 8.44. The summed E-state index contributed by atoms with van der Waals surface area (Å²) in [5.41, 5.74) is 1.65. The van der Waals surface area contributed by atoms with Gasteiger partial charge in [0.25, 0.3) is 0 Å². The number of anilines is 1. The first-order chi connectivity index (χ1) is 13.4. The van der Waals surface area contributed by atoms with Crippen LogP contribution < -0.4 is 14.8 Å². The van der Waals surface area contributed by atoms with Crippen molar-refractivity contribution in [2.75, 3.05) is 18.5 Å². The highest BCUT2D eigenvalue weighted by Gasteiger charge is 2.14. The molecule has 0 aliphatic heterocycles. The van der Waals surface area contributed by atoms with Gasteiger partial charge in [0.2, 0.25) is 5.91 Å². The lowest BCUT2D eigenvalue weighted by Crippen LogP contribution is -2.12. The van der Waals surface area contributed by atoms with Gasteiger partial charge in [0.15, 0.2) is 22.4 Å². The number of aryl methyl sites for hydroxylation is 2. The van der Waals surface area contributed by atoms with Gasteiger partial charge in [0.1, 0.15) is 0 Å². The van der Waals surface area contributed by atoms with E-state index >= 15 is 0 Å². The van der Waals surface area contributed by atoms with Crippen LogP contribution in [0.4, 0.5) is 5.13 Å². The molecule has 28 heavy (non-hydrogen) atoms. The topological polar surface area (TPSA) is 77.5 Å². The van der Waals surface area contributed by atoms with Gasteiger partial charge >= 0.3 is 0 Å². The fraction of sp³-hybridized carbons (Fsp3) is 0.476. The van der Waals surface area contributed by atoms with Crippen molar-refractivity contribution in [3.63, 3.8) is 0 Å². The van der Waals surface area contributed by atoms with Crippen molar-refractivity contribution in [3.05, 3.63) is 34.3 Å². The Morgan fingerprint density at radius 2 is 1.96 bits per heavy atom. The number of carbonyl (C=O) groups is 2. The number of benzene rings is 1. The van der Waals surface area contributed by atoms with Crippen LogP contribution in [0.15, 0.2) is 18.2 Å². The molecule has 152 valence electrons. The third-order valence-electron chi connectivity index (χ3n) is 4.07. The van der Waals surface area contributed by atoms with E-state index < -0.39 is 0 Å². The molecule has 2 aromatic rings. The van der Waals surface area contributed by atoms with E-state index in [0.717, 1.165) is 24.2 Å². The molecule has 0 radical (unpaired) electrons. The van der Waals surface area contributed by atoms with Crippen LogP contribution in [-0.4, -0.2) is 29.9 Å². The Hall–Kier alpha value is -2.41. The molecule has 6 nitrogen and oxygen atoms in total. The summed E-state index contributed by atoms with van der Waals surface area (Å²) in [7, 11) is 0. The molecule has 1 amide bonds. The standard InChI is InChI=1S/C21H28N2O4S/c1-5-7-12-27-17-10-8-16(13-18(17)26-6-2)9-11-19(25)23-21-22-14(3)20(28-21)15(4)24/h8,10,13H,5-7,9,11-12H2,1-4H3,(H,22,23,25). The van der Waals surface area contributed by atoms with Gasteiger partial charge in [-0.1, -0.05) is 30.7 Å². The van der Waals surface area contributed by atoms with Gasteiger partial charge in [-0.05, 0) is 44.4 Å². The first-order valence-electron chi connectivity index (χ1n) is 9.61. The number of ketones is 1. The lowest BCUT2D eigenvalue weighted by atomic mass is 10.1. The van der Waals surface area contributed by atoms with Crippen molar-refractivity contribution in [3.8, 4) is 11.5 Å². The maximum absolute atomic E-state index is 12.2. The molecule has 0 spiro atoms. The number of carbonyl (C=O) groups excluding carboxylic acids is 2. The van der Waals surface area contributed by atoms with Crippen LogP contribution in [0.5, 0.6) is 11.5 Å². The number of Topliss-reactive ketones (excluding diaryl/α,β-unsaturated/α-hetero) is 1. The minimum absolute atomic E-state index is 0.0415. The summed E-state index contributed by atoms with van der Waals surface area (Å²) in [4.78, 5) is 28.6. The van der Waals surface area contributed by atoms with Crippen molar-refractivity contribution in [2.24, 2.45) is 0 Å². The number of unbranched alkanes of at least 4 members (excludes halogenated alkanes) is 1. The number of thiazole rings is 1. The molecule has 2 rings (SSSR count). The molecule has 0 fully saturated rings. The summed E-state index contributed by atoms with van der Waals surface area (Å²) in [5, 5.41) is 3.23. The molecule has 0 saturated heterocycles.